The zero-order valence-electron chi connectivity index (χ0n) is 9.53. The molecule has 2 unspecified atom stereocenters. The molecule has 0 aromatic carbocycles. The van der Waals surface area contributed by atoms with Gasteiger partial charge in [0.1, 0.15) is 10.9 Å². The molecule has 2 nitrogen and oxygen atoms in total. The van der Waals surface area contributed by atoms with Crippen molar-refractivity contribution in [3.05, 3.63) is 15.4 Å². The summed E-state index contributed by atoms with van der Waals surface area (Å²) in [5.74, 6) is 1.49. The Morgan fingerprint density at radius 1 is 1.44 bits per heavy atom. The van der Waals surface area contributed by atoms with Crippen molar-refractivity contribution in [1.82, 2.24) is 0 Å². The lowest BCUT2D eigenvalue weighted by Gasteiger charge is -2.35. The Labute approximate surface area is 109 Å². The minimum atomic E-state index is 0.746. The van der Waals surface area contributed by atoms with E-state index in [0.717, 1.165) is 34.3 Å². The molecule has 1 aromatic heterocycles. The van der Waals surface area contributed by atoms with Crippen LogP contribution in [0.2, 0.25) is 0 Å². The highest BCUT2D eigenvalue weighted by atomic mass is 79.9. The van der Waals surface area contributed by atoms with Crippen molar-refractivity contribution >= 4 is 32.3 Å². The molecular weight excluding hydrogens is 284 g/mol. The van der Waals surface area contributed by atoms with E-state index < -0.39 is 0 Å². The zero-order valence-corrected chi connectivity index (χ0v) is 11.9. The van der Waals surface area contributed by atoms with Gasteiger partial charge in [-0.15, -0.1) is 11.3 Å². The molecule has 0 radical (unpaired) electrons. The summed E-state index contributed by atoms with van der Waals surface area (Å²) in [5, 5.41) is 10.2. The first kappa shape index (κ1) is 11.9. The fraction of sp³-hybridized carbons (Fsp3) is 0.583. The SMILES string of the molecule is CC1CC(C)CN(c2cc(Br)c(C#N)s2)C1. The van der Waals surface area contributed by atoms with E-state index in [1.54, 1.807) is 11.3 Å². The van der Waals surface area contributed by atoms with Gasteiger partial charge < -0.3 is 4.90 Å². The second kappa shape index (κ2) is 4.77. The van der Waals surface area contributed by atoms with Gasteiger partial charge in [-0.1, -0.05) is 13.8 Å². The van der Waals surface area contributed by atoms with Crippen LogP contribution in [-0.4, -0.2) is 13.1 Å². The lowest BCUT2D eigenvalue weighted by atomic mass is 9.92. The van der Waals surface area contributed by atoms with Gasteiger partial charge in [0, 0.05) is 17.6 Å². The highest BCUT2D eigenvalue weighted by Gasteiger charge is 2.23. The fourth-order valence-electron chi connectivity index (χ4n) is 2.43. The summed E-state index contributed by atoms with van der Waals surface area (Å²) in [6, 6.07) is 4.30. The number of anilines is 1. The molecule has 0 aliphatic carbocycles. The lowest BCUT2D eigenvalue weighted by Crippen LogP contribution is -2.38. The van der Waals surface area contributed by atoms with Crippen LogP contribution < -0.4 is 4.90 Å². The molecule has 0 spiro atoms. The average Bonchev–Trinajstić information content (AvgIpc) is 2.58. The lowest BCUT2D eigenvalue weighted by molar-refractivity contribution is 0.358. The minimum Gasteiger partial charge on any atom is -0.363 e. The molecule has 86 valence electrons. The molecule has 0 N–H and O–H groups in total. The van der Waals surface area contributed by atoms with Gasteiger partial charge in [-0.25, -0.2) is 0 Å². The molecule has 2 atom stereocenters. The van der Waals surface area contributed by atoms with Crippen LogP contribution in [0.4, 0.5) is 5.00 Å². The molecule has 1 aromatic rings. The second-order valence-electron chi connectivity index (χ2n) is 4.72. The summed E-state index contributed by atoms with van der Waals surface area (Å²) in [7, 11) is 0. The standard InChI is InChI=1S/C12H15BrN2S/c1-8-3-9(2)7-15(6-8)12-4-10(13)11(5-14)16-12/h4,8-9H,3,6-7H2,1-2H3. The molecular formula is C12H15BrN2S. The number of hydrogen-bond donors (Lipinski definition) is 0. The van der Waals surface area contributed by atoms with E-state index in [-0.39, 0.29) is 0 Å². The maximum atomic E-state index is 8.95. The Kier molecular flexibility index (Phi) is 3.56. The molecule has 1 fully saturated rings. The van der Waals surface area contributed by atoms with Crippen LogP contribution in [-0.2, 0) is 0 Å². The zero-order chi connectivity index (χ0) is 11.7. The minimum absolute atomic E-state index is 0.746. The first-order valence-corrected chi connectivity index (χ1v) is 7.15. The third kappa shape index (κ3) is 2.41. The second-order valence-corrected chi connectivity index (χ2v) is 6.61. The van der Waals surface area contributed by atoms with Crippen LogP contribution in [0.5, 0.6) is 0 Å². The van der Waals surface area contributed by atoms with E-state index in [1.807, 2.05) is 0 Å². The van der Waals surface area contributed by atoms with Crippen molar-refractivity contribution in [2.45, 2.75) is 20.3 Å². The van der Waals surface area contributed by atoms with E-state index in [0.29, 0.717) is 0 Å². The molecule has 0 amide bonds. The smallest absolute Gasteiger partial charge is 0.121 e. The summed E-state index contributed by atoms with van der Waals surface area (Å²) in [4.78, 5) is 3.19. The summed E-state index contributed by atoms with van der Waals surface area (Å²) in [6.45, 7) is 6.83. The monoisotopic (exact) mass is 298 g/mol. The number of piperidine rings is 1. The van der Waals surface area contributed by atoms with Gasteiger partial charge in [0.05, 0.1) is 5.00 Å². The van der Waals surface area contributed by atoms with Gasteiger partial charge >= 0.3 is 0 Å². The van der Waals surface area contributed by atoms with Crippen molar-refractivity contribution < 1.29 is 0 Å². The highest BCUT2D eigenvalue weighted by Crippen LogP contribution is 2.36. The van der Waals surface area contributed by atoms with Crippen LogP contribution in [0.15, 0.2) is 10.5 Å². The van der Waals surface area contributed by atoms with E-state index in [1.165, 1.54) is 11.4 Å². The van der Waals surface area contributed by atoms with Crippen LogP contribution in [0.3, 0.4) is 0 Å². The first-order valence-electron chi connectivity index (χ1n) is 5.54. The third-order valence-corrected chi connectivity index (χ3v) is 4.94. The Bertz CT molecular complexity index is 411. The van der Waals surface area contributed by atoms with E-state index >= 15 is 0 Å². The molecule has 0 saturated carbocycles. The van der Waals surface area contributed by atoms with Crippen LogP contribution in [0, 0.1) is 23.2 Å². The number of nitrogens with zero attached hydrogens (tertiary/aromatic N) is 2. The number of halogens is 1. The Morgan fingerprint density at radius 3 is 2.56 bits per heavy atom. The van der Waals surface area contributed by atoms with Gasteiger partial charge in [-0.2, -0.15) is 5.26 Å². The Hall–Kier alpha value is -0.530. The fourth-order valence-corrected chi connectivity index (χ4v) is 4.00. The molecule has 1 saturated heterocycles. The Morgan fingerprint density at radius 2 is 2.06 bits per heavy atom. The largest absolute Gasteiger partial charge is 0.363 e. The number of rotatable bonds is 1. The molecule has 2 rings (SSSR count). The van der Waals surface area contributed by atoms with Gasteiger partial charge in [0.25, 0.3) is 0 Å². The maximum Gasteiger partial charge on any atom is 0.121 e. The summed E-state index contributed by atoms with van der Waals surface area (Å²) in [5.41, 5.74) is 0. The van der Waals surface area contributed by atoms with E-state index in [2.05, 4.69) is 46.8 Å². The molecule has 1 aliphatic rings. The third-order valence-electron chi connectivity index (χ3n) is 2.96. The van der Waals surface area contributed by atoms with Crippen LogP contribution in [0.25, 0.3) is 0 Å². The molecule has 16 heavy (non-hydrogen) atoms. The summed E-state index contributed by atoms with van der Waals surface area (Å²) < 4.78 is 0.931. The van der Waals surface area contributed by atoms with Crippen molar-refractivity contribution in [3.63, 3.8) is 0 Å². The predicted molar refractivity (Wildman–Crippen MR) is 71.9 cm³/mol. The van der Waals surface area contributed by atoms with Crippen molar-refractivity contribution in [2.75, 3.05) is 18.0 Å². The van der Waals surface area contributed by atoms with Crippen molar-refractivity contribution in [3.8, 4) is 6.07 Å². The number of nitriles is 1. The average molecular weight is 299 g/mol. The number of hydrogen-bond acceptors (Lipinski definition) is 3. The molecule has 4 heteroatoms. The summed E-state index contributed by atoms with van der Waals surface area (Å²) in [6.07, 6.45) is 1.31. The topological polar surface area (TPSA) is 27.0 Å². The summed E-state index contributed by atoms with van der Waals surface area (Å²) >= 11 is 5.02. The Balaban J connectivity index is 2.20. The highest BCUT2D eigenvalue weighted by molar-refractivity contribution is 9.10. The van der Waals surface area contributed by atoms with Crippen molar-refractivity contribution in [2.24, 2.45) is 11.8 Å². The molecule has 0 bridgehead atoms. The molecule has 2 heterocycles. The van der Waals surface area contributed by atoms with Crippen LogP contribution >= 0.6 is 27.3 Å². The van der Waals surface area contributed by atoms with Gasteiger partial charge in [-0.3, -0.25) is 0 Å². The van der Waals surface area contributed by atoms with Crippen LogP contribution in [0.1, 0.15) is 25.1 Å². The van der Waals surface area contributed by atoms with Crippen molar-refractivity contribution in [1.29, 1.82) is 5.26 Å². The van der Waals surface area contributed by atoms with Gasteiger partial charge in [0.2, 0.25) is 0 Å². The maximum absolute atomic E-state index is 8.95. The quantitative estimate of drug-likeness (QED) is 0.787. The number of thiophene rings is 1. The predicted octanol–water partition coefficient (Wildman–Crippen LogP) is 3.86. The van der Waals surface area contributed by atoms with Gasteiger partial charge in [-0.05, 0) is 40.3 Å². The molecule has 1 aliphatic heterocycles. The van der Waals surface area contributed by atoms with E-state index in [9.17, 15) is 0 Å². The van der Waals surface area contributed by atoms with Gasteiger partial charge in [0.15, 0.2) is 0 Å². The normalized spacial score (nSPS) is 25.5. The first-order chi connectivity index (χ1) is 7.60. The van der Waals surface area contributed by atoms with E-state index in [4.69, 9.17) is 5.26 Å².